The van der Waals surface area contributed by atoms with Crippen molar-refractivity contribution in [2.75, 3.05) is 56.8 Å². The SMILES string of the molecule is CCOc1ccc(N(CC(=O)NCCN2CCOCC2)S(=O)(=O)c2ccc(Cl)cc2)cc1. The van der Waals surface area contributed by atoms with Crippen molar-refractivity contribution in [2.24, 2.45) is 0 Å². The van der Waals surface area contributed by atoms with Crippen LogP contribution in [-0.4, -0.2) is 71.8 Å². The molecule has 3 rings (SSSR count). The van der Waals surface area contributed by atoms with Crippen LogP contribution >= 0.6 is 11.6 Å². The molecule has 0 aromatic heterocycles. The predicted molar refractivity (Wildman–Crippen MR) is 124 cm³/mol. The van der Waals surface area contributed by atoms with Gasteiger partial charge in [-0.3, -0.25) is 14.0 Å². The lowest BCUT2D eigenvalue weighted by Crippen LogP contribution is -2.44. The second-order valence-corrected chi connectivity index (χ2v) is 9.50. The number of halogens is 1. The van der Waals surface area contributed by atoms with Crippen LogP contribution in [0.15, 0.2) is 53.4 Å². The second kappa shape index (κ2) is 11.5. The number of nitrogens with one attached hydrogen (secondary N) is 1. The number of anilines is 1. The molecule has 1 fully saturated rings. The Morgan fingerprint density at radius 3 is 2.41 bits per heavy atom. The van der Waals surface area contributed by atoms with Crippen LogP contribution in [0, 0.1) is 0 Å². The lowest BCUT2D eigenvalue weighted by Gasteiger charge is -2.27. The zero-order valence-electron chi connectivity index (χ0n) is 18.0. The summed E-state index contributed by atoms with van der Waals surface area (Å²) < 4.78 is 38.6. The van der Waals surface area contributed by atoms with Crippen molar-refractivity contribution in [2.45, 2.75) is 11.8 Å². The van der Waals surface area contributed by atoms with Crippen LogP contribution in [0.4, 0.5) is 5.69 Å². The molecule has 0 atom stereocenters. The number of benzene rings is 2. The summed E-state index contributed by atoms with van der Waals surface area (Å²) in [5, 5.41) is 3.25. The minimum absolute atomic E-state index is 0.0527. The highest BCUT2D eigenvalue weighted by atomic mass is 35.5. The highest BCUT2D eigenvalue weighted by molar-refractivity contribution is 7.92. The highest BCUT2D eigenvalue weighted by Gasteiger charge is 2.27. The Morgan fingerprint density at radius 1 is 1.12 bits per heavy atom. The summed E-state index contributed by atoms with van der Waals surface area (Å²) in [7, 11) is -3.99. The van der Waals surface area contributed by atoms with E-state index < -0.39 is 10.0 Å². The van der Waals surface area contributed by atoms with Gasteiger partial charge in [-0.15, -0.1) is 0 Å². The Hall–Kier alpha value is -2.33. The number of nitrogens with zero attached hydrogens (tertiary/aromatic N) is 2. The molecule has 10 heteroatoms. The standard InChI is InChI=1S/C22H28ClN3O5S/c1-2-31-20-7-5-19(6-8-20)26(32(28,29)21-9-3-18(23)4-10-21)17-22(27)24-11-12-25-13-15-30-16-14-25/h3-10H,2,11-17H2,1H3,(H,24,27). The van der Waals surface area contributed by atoms with Gasteiger partial charge in [-0.25, -0.2) is 8.42 Å². The number of carbonyl (C=O) groups is 1. The Labute approximate surface area is 194 Å². The summed E-state index contributed by atoms with van der Waals surface area (Å²) in [5.74, 6) is 0.236. The molecule has 1 saturated heterocycles. The van der Waals surface area contributed by atoms with E-state index in [2.05, 4.69) is 10.2 Å². The third-order valence-corrected chi connectivity index (χ3v) is 7.02. The molecule has 1 aliphatic heterocycles. The first-order chi connectivity index (χ1) is 15.4. The van der Waals surface area contributed by atoms with Gasteiger partial charge in [0.2, 0.25) is 5.91 Å². The molecular formula is C22H28ClN3O5S. The van der Waals surface area contributed by atoms with E-state index in [1.807, 2.05) is 6.92 Å². The van der Waals surface area contributed by atoms with Crippen molar-refractivity contribution in [1.82, 2.24) is 10.2 Å². The van der Waals surface area contributed by atoms with Crippen LogP contribution in [-0.2, 0) is 19.6 Å². The van der Waals surface area contributed by atoms with E-state index in [1.54, 1.807) is 24.3 Å². The van der Waals surface area contributed by atoms with E-state index in [0.29, 0.717) is 49.4 Å². The zero-order valence-corrected chi connectivity index (χ0v) is 19.6. The fourth-order valence-electron chi connectivity index (χ4n) is 3.29. The van der Waals surface area contributed by atoms with Gasteiger partial charge in [0.25, 0.3) is 10.0 Å². The maximum atomic E-state index is 13.4. The summed E-state index contributed by atoms with van der Waals surface area (Å²) in [4.78, 5) is 14.9. The third-order valence-electron chi connectivity index (χ3n) is 4.98. The number of sulfonamides is 1. The zero-order chi connectivity index (χ0) is 23.0. The molecule has 1 heterocycles. The minimum Gasteiger partial charge on any atom is -0.494 e. The first-order valence-electron chi connectivity index (χ1n) is 10.5. The molecular weight excluding hydrogens is 454 g/mol. The maximum absolute atomic E-state index is 13.4. The Bertz CT molecular complexity index is 978. The second-order valence-electron chi connectivity index (χ2n) is 7.20. The lowest BCUT2D eigenvalue weighted by molar-refractivity contribution is -0.119. The number of morpholine rings is 1. The predicted octanol–water partition coefficient (Wildman–Crippen LogP) is 2.38. The van der Waals surface area contributed by atoms with Gasteiger partial charge in [0.1, 0.15) is 12.3 Å². The van der Waals surface area contributed by atoms with Gasteiger partial charge < -0.3 is 14.8 Å². The third kappa shape index (κ3) is 6.59. The van der Waals surface area contributed by atoms with Gasteiger partial charge in [-0.2, -0.15) is 0 Å². The number of hydrogen-bond donors (Lipinski definition) is 1. The van der Waals surface area contributed by atoms with Crippen LogP contribution in [0.2, 0.25) is 5.02 Å². The quantitative estimate of drug-likeness (QED) is 0.560. The molecule has 0 aliphatic carbocycles. The molecule has 0 saturated carbocycles. The van der Waals surface area contributed by atoms with E-state index in [4.69, 9.17) is 21.1 Å². The lowest BCUT2D eigenvalue weighted by atomic mass is 10.3. The molecule has 0 spiro atoms. The van der Waals surface area contributed by atoms with Gasteiger partial charge in [0.15, 0.2) is 0 Å². The molecule has 1 aliphatic rings. The average Bonchev–Trinajstić information content (AvgIpc) is 2.79. The van der Waals surface area contributed by atoms with Gasteiger partial charge in [-0.1, -0.05) is 11.6 Å². The van der Waals surface area contributed by atoms with Crippen molar-refractivity contribution < 1.29 is 22.7 Å². The van der Waals surface area contributed by atoms with E-state index >= 15 is 0 Å². The Kier molecular flexibility index (Phi) is 8.75. The largest absolute Gasteiger partial charge is 0.494 e. The van der Waals surface area contributed by atoms with Crippen LogP contribution < -0.4 is 14.4 Å². The topological polar surface area (TPSA) is 88.2 Å². The molecule has 0 radical (unpaired) electrons. The Morgan fingerprint density at radius 2 is 1.78 bits per heavy atom. The number of carbonyl (C=O) groups excluding carboxylic acids is 1. The van der Waals surface area contributed by atoms with E-state index in [0.717, 1.165) is 17.4 Å². The molecule has 8 nitrogen and oxygen atoms in total. The first-order valence-corrected chi connectivity index (χ1v) is 12.3. The summed E-state index contributed by atoms with van der Waals surface area (Å²) >= 11 is 5.91. The molecule has 174 valence electrons. The fourth-order valence-corrected chi connectivity index (χ4v) is 4.84. The van der Waals surface area contributed by atoms with Crippen LogP contribution in [0.3, 0.4) is 0 Å². The highest BCUT2D eigenvalue weighted by Crippen LogP contribution is 2.26. The van der Waals surface area contributed by atoms with Crippen LogP contribution in [0.5, 0.6) is 5.75 Å². The maximum Gasteiger partial charge on any atom is 0.264 e. The van der Waals surface area contributed by atoms with E-state index in [1.165, 1.54) is 24.3 Å². The molecule has 1 amide bonds. The number of amides is 1. The van der Waals surface area contributed by atoms with Crippen molar-refractivity contribution in [3.8, 4) is 5.75 Å². The summed E-state index contributed by atoms with van der Waals surface area (Å²) in [5.41, 5.74) is 0.367. The number of ether oxygens (including phenoxy) is 2. The van der Waals surface area contributed by atoms with E-state index in [-0.39, 0.29) is 17.3 Å². The monoisotopic (exact) mass is 481 g/mol. The molecule has 2 aromatic carbocycles. The molecule has 0 bridgehead atoms. The summed E-state index contributed by atoms with van der Waals surface area (Å²) in [6.45, 7) is 6.13. The van der Waals surface area contributed by atoms with Gasteiger partial charge in [-0.05, 0) is 55.5 Å². The minimum atomic E-state index is -3.99. The van der Waals surface area contributed by atoms with E-state index in [9.17, 15) is 13.2 Å². The smallest absolute Gasteiger partial charge is 0.264 e. The Balaban J connectivity index is 1.75. The van der Waals surface area contributed by atoms with Gasteiger partial charge in [0.05, 0.1) is 30.4 Å². The molecule has 1 N–H and O–H groups in total. The molecule has 0 unspecified atom stereocenters. The molecule has 32 heavy (non-hydrogen) atoms. The first kappa shape index (κ1) is 24.3. The summed E-state index contributed by atoms with van der Waals surface area (Å²) in [6.07, 6.45) is 0. The number of rotatable bonds is 10. The molecule has 2 aromatic rings. The van der Waals surface area contributed by atoms with Crippen LogP contribution in [0.1, 0.15) is 6.92 Å². The van der Waals surface area contributed by atoms with Gasteiger partial charge in [0, 0.05) is 31.2 Å². The fraction of sp³-hybridized carbons (Fsp3) is 0.409. The average molecular weight is 482 g/mol. The summed E-state index contributed by atoms with van der Waals surface area (Å²) in [6, 6.07) is 12.5. The van der Waals surface area contributed by atoms with Gasteiger partial charge >= 0.3 is 0 Å². The van der Waals surface area contributed by atoms with Crippen molar-refractivity contribution in [1.29, 1.82) is 0 Å². The van der Waals surface area contributed by atoms with Crippen LogP contribution in [0.25, 0.3) is 0 Å². The van der Waals surface area contributed by atoms with Crippen molar-refractivity contribution in [3.05, 3.63) is 53.6 Å². The van der Waals surface area contributed by atoms with Crippen molar-refractivity contribution in [3.63, 3.8) is 0 Å². The normalized spacial score (nSPS) is 14.7. The number of hydrogen-bond acceptors (Lipinski definition) is 6. The van der Waals surface area contributed by atoms with Crippen molar-refractivity contribution >= 4 is 33.2 Å².